The molecule has 0 saturated carbocycles. The highest BCUT2D eigenvalue weighted by Crippen LogP contribution is 2.14. The van der Waals surface area contributed by atoms with E-state index in [4.69, 9.17) is 4.74 Å². The minimum Gasteiger partial charge on any atom is -0.376 e. The first-order valence-corrected chi connectivity index (χ1v) is 7.32. The first kappa shape index (κ1) is 13.2. The van der Waals surface area contributed by atoms with E-state index in [1.165, 1.54) is 5.56 Å². The zero-order chi connectivity index (χ0) is 13.6. The molecule has 0 aliphatic carbocycles. The average molecular weight is 272 g/mol. The predicted octanol–water partition coefficient (Wildman–Crippen LogP) is 2.03. The summed E-state index contributed by atoms with van der Waals surface area (Å²) in [4.78, 5) is 0. The quantitative estimate of drug-likeness (QED) is 0.807. The van der Waals surface area contributed by atoms with Gasteiger partial charge in [0.1, 0.15) is 0 Å². The SMILES string of the molecule is c1ccc(CCCc2nnnn2C[C@@H]2CCCO2)cc1. The van der Waals surface area contributed by atoms with Gasteiger partial charge in [-0.15, -0.1) is 5.10 Å². The van der Waals surface area contributed by atoms with Gasteiger partial charge in [-0.25, -0.2) is 4.68 Å². The van der Waals surface area contributed by atoms with Gasteiger partial charge in [-0.1, -0.05) is 30.3 Å². The molecule has 0 bridgehead atoms. The molecule has 5 nitrogen and oxygen atoms in total. The minimum atomic E-state index is 0.284. The minimum absolute atomic E-state index is 0.284. The van der Waals surface area contributed by atoms with Crippen molar-refractivity contribution in [2.24, 2.45) is 0 Å². The van der Waals surface area contributed by atoms with E-state index in [9.17, 15) is 0 Å². The Morgan fingerprint density at radius 1 is 1.20 bits per heavy atom. The number of tetrazole rings is 1. The molecule has 1 saturated heterocycles. The number of nitrogens with zero attached hydrogens (tertiary/aromatic N) is 4. The standard InChI is InChI=1S/C15H20N4O/c1-2-6-13(7-3-1)8-4-10-15-16-17-18-19(15)12-14-9-5-11-20-14/h1-3,6-7,14H,4-5,8-12H2/t14-/m0/s1. The summed E-state index contributed by atoms with van der Waals surface area (Å²) >= 11 is 0. The van der Waals surface area contributed by atoms with Gasteiger partial charge in [0.2, 0.25) is 0 Å². The summed E-state index contributed by atoms with van der Waals surface area (Å²) in [5.74, 6) is 0.969. The van der Waals surface area contributed by atoms with Crippen LogP contribution < -0.4 is 0 Å². The maximum Gasteiger partial charge on any atom is 0.151 e. The smallest absolute Gasteiger partial charge is 0.151 e. The Bertz CT molecular complexity index is 520. The number of hydrogen-bond acceptors (Lipinski definition) is 4. The summed E-state index contributed by atoms with van der Waals surface area (Å²) in [6, 6.07) is 10.5. The van der Waals surface area contributed by atoms with Gasteiger partial charge in [-0.2, -0.15) is 0 Å². The van der Waals surface area contributed by atoms with Gasteiger partial charge in [0, 0.05) is 13.0 Å². The van der Waals surface area contributed by atoms with Gasteiger partial charge < -0.3 is 4.74 Å². The Balaban J connectivity index is 1.51. The zero-order valence-electron chi connectivity index (χ0n) is 11.6. The first-order valence-electron chi connectivity index (χ1n) is 7.32. The van der Waals surface area contributed by atoms with Crippen LogP contribution in [-0.4, -0.2) is 32.9 Å². The van der Waals surface area contributed by atoms with Crippen molar-refractivity contribution in [1.29, 1.82) is 0 Å². The fourth-order valence-electron chi connectivity index (χ4n) is 2.62. The van der Waals surface area contributed by atoms with E-state index < -0.39 is 0 Å². The van der Waals surface area contributed by atoms with Crippen LogP contribution in [0, 0.1) is 0 Å². The highest BCUT2D eigenvalue weighted by Gasteiger charge is 2.18. The average Bonchev–Trinajstić information content (AvgIpc) is 3.13. The van der Waals surface area contributed by atoms with Crippen molar-refractivity contribution in [3.05, 3.63) is 41.7 Å². The zero-order valence-corrected chi connectivity index (χ0v) is 11.6. The second-order valence-electron chi connectivity index (χ2n) is 5.25. The van der Waals surface area contributed by atoms with E-state index in [0.717, 1.165) is 51.1 Å². The van der Waals surface area contributed by atoms with Crippen LogP contribution in [0.2, 0.25) is 0 Å². The molecule has 0 N–H and O–H groups in total. The molecule has 1 aliphatic rings. The van der Waals surface area contributed by atoms with Crippen LogP contribution in [0.25, 0.3) is 0 Å². The third-order valence-electron chi connectivity index (χ3n) is 3.72. The normalized spacial score (nSPS) is 18.5. The lowest BCUT2D eigenvalue weighted by Gasteiger charge is -2.10. The number of benzene rings is 1. The number of aromatic nitrogens is 4. The Labute approximate surface area is 118 Å². The summed E-state index contributed by atoms with van der Waals surface area (Å²) in [6.45, 7) is 1.66. The summed E-state index contributed by atoms with van der Waals surface area (Å²) in [6.07, 6.45) is 5.59. The lowest BCUT2D eigenvalue weighted by atomic mass is 10.1. The molecule has 106 valence electrons. The Kier molecular flexibility index (Phi) is 4.38. The molecule has 3 rings (SSSR count). The van der Waals surface area contributed by atoms with E-state index >= 15 is 0 Å². The van der Waals surface area contributed by atoms with Crippen molar-refractivity contribution in [2.45, 2.75) is 44.8 Å². The van der Waals surface area contributed by atoms with E-state index in [-0.39, 0.29) is 6.10 Å². The fourth-order valence-corrected chi connectivity index (χ4v) is 2.62. The molecule has 1 atom stereocenters. The molecule has 0 spiro atoms. The number of rotatable bonds is 6. The lowest BCUT2D eigenvalue weighted by Crippen LogP contribution is -2.18. The summed E-state index contributed by atoms with van der Waals surface area (Å²) in [5, 5.41) is 12.0. The van der Waals surface area contributed by atoms with Crippen molar-refractivity contribution in [2.75, 3.05) is 6.61 Å². The highest BCUT2D eigenvalue weighted by atomic mass is 16.5. The lowest BCUT2D eigenvalue weighted by molar-refractivity contribution is 0.0926. The second-order valence-corrected chi connectivity index (χ2v) is 5.25. The van der Waals surface area contributed by atoms with Crippen LogP contribution in [0.1, 0.15) is 30.7 Å². The monoisotopic (exact) mass is 272 g/mol. The molecule has 2 heterocycles. The maximum absolute atomic E-state index is 5.64. The van der Waals surface area contributed by atoms with Gasteiger partial charge in [-0.3, -0.25) is 0 Å². The third kappa shape index (κ3) is 3.42. The van der Waals surface area contributed by atoms with Crippen molar-refractivity contribution in [3.63, 3.8) is 0 Å². The van der Waals surface area contributed by atoms with Crippen molar-refractivity contribution >= 4 is 0 Å². The van der Waals surface area contributed by atoms with E-state index in [1.54, 1.807) is 0 Å². The van der Waals surface area contributed by atoms with E-state index in [1.807, 2.05) is 10.7 Å². The van der Waals surface area contributed by atoms with Crippen LogP contribution in [0.3, 0.4) is 0 Å². The second kappa shape index (κ2) is 6.61. The Morgan fingerprint density at radius 3 is 2.90 bits per heavy atom. The van der Waals surface area contributed by atoms with Crippen LogP contribution >= 0.6 is 0 Å². The van der Waals surface area contributed by atoms with Crippen LogP contribution in [0.4, 0.5) is 0 Å². The third-order valence-corrected chi connectivity index (χ3v) is 3.72. The molecule has 1 fully saturated rings. The fraction of sp³-hybridized carbons (Fsp3) is 0.533. The van der Waals surface area contributed by atoms with Crippen LogP contribution in [-0.2, 0) is 24.1 Å². The summed E-state index contributed by atoms with van der Waals surface area (Å²) in [7, 11) is 0. The first-order chi connectivity index (χ1) is 9.92. The molecule has 20 heavy (non-hydrogen) atoms. The molecule has 2 aromatic rings. The van der Waals surface area contributed by atoms with Crippen molar-refractivity contribution < 1.29 is 4.74 Å². The topological polar surface area (TPSA) is 52.8 Å². The number of ether oxygens (including phenoxy) is 1. The Hall–Kier alpha value is -1.75. The van der Waals surface area contributed by atoms with Gasteiger partial charge in [-0.05, 0) is 41.7 Å². The molecule has 0 unspecified atom stereocenters. The highest BCUT2D eigenvalue weighted by molar-refractivity contribution is 5.14. The van der Waals surface area contributed by atoms with Gasteiger partial charge in [0.15, 0.2) is 5.82 Å². The largest absolute Gasteiger partial charge is 0.376 e. The summed E-state index contributed by atoms with van der Waals surface area (Å²) in [5.41, 5.74) is 1.37. The number of aryl methyl sites for hydroxylation is 2. The van der Waals surface area contributed by atoms with Crippen LogP contribution in [0.15, 0.2) is 30.3 Å². The molecule has 1 aliphatic heterocycles. The molecule has 1 aromatic heterocycles. The van der Waals surface area contributed by atoms with E-state index in [2.05, 4.69) is 39.8 Å². The molecule has 1 aromatic carbocycles. The molecule has 0 amide bonds. The molecular formula is C15H20N4O. The van der Waals surface area contributed by atoms with Gasteiger partial charge in [0.05, 0.1) is 12.6 Å². The van der Waals surface area contributed by atoms with Gasteiger partial charge in [0.25, 0.3) is 0 Å². The number of hydrogen-bond donors (Lipinski definition) is 0. The summed E-state index contributed by atoms with van der Waals surface area (Å²) < 4.78 is 7.54. The molecule has 5 heteroatoms. The predicted molar refractivity (Wildman–Crippen MR) is 75.3 cm³/mol. The van der Waals surface area contributed by atoms with E-state index in [0.29, 0.717) is 0 Å². The molecule has 0 radical (unpaired) electrons. The van der Waals surface area contributed by atoms with Crippen molar-refractivity contribution in [3.8, 4) is 0 Å². The van der Waals surface area contributed by atoms with Crippen LogP contribution in [0.5, 0.6) is 0 Å². The molecular weight excluding hydrogens is 252 g/mol. The van der Waals surface area contributed by atoms with Crippen molar-refractivity contribution in [1.82, 2.24) is 20.2 Å². The Morgan fingerprint density at radius 2 is 2.10 bits per heavy atom. The maximum atomic E-state index is 5.64. The van der Waals surface area contributed by atoms with Gasteiger partial charge >= 0.3 is 0 Å².